The highest BCUT2D eigenvalue weighted by Gasteiger charge is 2.14. The summed E-state index contributed by atoms with van der Waals surface area (Å²) in [4.78, 5) is 0. The van der Waals surface area contributed by atoms with E-state index in [0.29, 0.717) is 5.69 Å². The van der Waals surface area contributed by atoms with Crippen LogP contribution in [0.2, 0.25) is 0 Å². The van der Waals surface area contributed by atoms with Crippen LogP contribution in [0.3, 0.4) is 0 Å². The van der Waals surface area contributed by atoms with E-state index < -0.39 is 0 Å². The molecule has 3 heteroatoms. The van der Waals surface area contributed by atoms with Gasteiger partial charge in [-0.05, 0) is 24.3 Å². The van der Waals surface area contributed by atoms with Gasteiger partial charge >= 0.3 is 0 Å². The second-order valence-electron chi connectivity index (χ2n) is 5.04. The molecule has 0 fully saturated rings. The number of hydrogen-bond acceptors (Lipinski definition) is 2. The molecule has 0 unspecified atom stereocenters. The molecule has 1 heterocycles. The molecule has 1 aromatic heterocycles. The van der Waals surface area contributed by atoms with Gasteiger partial charge in [0.2, 0.25) is 0 Å². The summed E-state index contributed by atoms with van der Waals surface area (Å²) < 4.78 is 1.97. The average Bonchev–Trinajstić information content (AvgIpc) is 2.84. The third-order valence-corrected chi connectivity index (χ3v) is 3.78. The monoisotopic (exact) mass is 275 g/mol. The van der Waals surface area contributed by atoms with Crippen molar-refractivity contribution in [2.75, 3.05) is 0 Å². The van der Waals surface area contributed by atoms with Crippen molar-refractivity contribution >= 4 is 21.8 Å². The Morgan fingerprint density at radius 3 is 1.86 bits per heavy atom. The minimum absolute atomic E-state index is 0.129. The van der Waals surface area contributed by atoms with Crippen LogP contribution >= 0.6 is 0 Å². The molecule has 0 aliphatic rings. The van der Waals surface area contributed by atoms with Gasteiger partial charge in [-0.1, -0.05) is 36.4 Å². The summed E-state index contributed by atoms with van der Waals surface area (Å²) in [5.41, 5.74) is 2.58. The molecule has 0 bridgehead atoms. The molecule has 4 aromatic rings. The average molecular weight is 275 g/mol. The standard InChI is InChI=1S/C18H13NO2/c20-12-9-10-18(21)17(11-12)19-15-7-3-1-5-13(15)14-6-2-4-8-16(14)19/h1-11,20-21H. The van der Waals surface area contributed by atoms with E-state index in [1.54, 1.807) is 6.07 Å². The highest BCUT2D eigenvalue weighted by atomic mass is 16.3. The number of aromatic nitrogens is 1. The van der Waals surface area contributed by atoms with Crippen molar-refractivity contribution in [1.82, 2.24) is 4.57 Å². The largest absolute Gasteiger partial charge is 0.508 e. The van der Waals surface area contributed by atoms with Crippen LogP contribution < -0.4 is 0 Å². The van der Waals surface area contributed by atoms with E-state index in [1.807, 2.05) is 41.0 Å². The van der Waals surface area contributed by atoms with Crippen LogP contribution in [0, 0.1) is 0 Å². The summed E-state index contributed by atoms with van der Waals surface area (Å²) in [6.07, 6.45) is 0. The van der Waals surface area contributed by atoms with E-state index in [1.165, 1.54) is 12.1 Å². The van der Waals surface area contributed by atoms with Gasteiger partial charge in [-0.2, -0.15) is 0 Å². The first-order valence-electron chi connectivity index (χ1n) is 6.76. The van der Waals surface area contributed by atoms with Gasteiger partial charge in [0.15, 0.2) is 0 Å². The Balaban J connectivity index is 2.23. The Morgan fingerprint density at radius 2 is 1.24 bits per heavy atom. The number of aromatic hydroxyl groups is 2. The van der Waals surface area contributed by atoms with Gasteiger partial charge in [-0.3, -0.25) is 0 Å². The molecule has 4 rings (SSSR count). The van der Waals surface area contributed by atoms with Crippen molar-refractivity contribution in [3.63, 3.8) is 0 Å². The maximum atomic E-state index is 10.2. The number of hydrogen-bond donors (Lipinski definition) is 2. The molecule has 3 aromatic carbocycles. The molecule has 0 amide bonds. The molecule has 0 saturated heterocycles. The minimum atomic E-state index is 0.129. The molecule has 0 atom stereocenters. The molecular weight excluding hydrogens is 262 g/mol. The number of nitrogens with zero attached hydrogens (tertiary/aromatic N) is 1. The fraction of sp³-hybridized carbons (Fsp3) is 0. The van der Waals surface area contributed by atoms with E-state index >= 15 is 0 Å². The maximum absolute atomic E-state index is 10.2. The lowest BCUT2D eigenvalue weighted by atomic mass is 10.2. The first-order chi connectivity index (χ1) is 10.3. The number of fused-ring (bicyclic) bond motifs is 3. The van der Waals surface area contributed by atoms with E-state index in [-0.39, 0.29) is 11.5 Å². The fourth-order valence-electron chi connectivity index (χ4n) is 2.87. The van der Waals surface area contributed by atoms with Crippen LogP contribution in [0.4, 0.5) is 0 Å². The summed E-state index contributed by atoms with van der Waals surface area (Å²) in [6, 6.07) is 20.7. The number of rotatable bonds is 1. The highest BCUT2D eigenvalue weighted by Crippen LogP contribution is 2.35. The first-order valence-corrected chi connectivity index (χ1v) is 6.76. The van der Waals surface area contributed by atoms with Gasteiger partial charge in [0.05, 0.1) is 16.7 Å². The number of phenols is 2. The molecule has 0 aliphatic carbocycles. The molecule has 2 N–H and O–H groups in total. The summed E-state index contributed by atoms with van der Waals surface area (Å²) in [6.45, 7) is 0. The molecule has 3 nitrogen and oxygen atoms in total. The van der Waals surface area contributed by atoms with Gasteiger partial charge in [-0.15, -0.1) is 0 Å². The zero-order valence-electron chi connectivity index (χ0n) is 11.2. The quantitative estimate of drug-likeness (QED) is 0.511. The first kappa shape index (κ1) is 11.9. The van der Waals surface area contributed by atoms with Crippen molar-refractivity contribution in [2.45, 2.75) is 0 Å². The third-order valence-electron chi connectivity index (χ3n) is 3.78. The summed E-state index contributed by atoms with van der Waals surface area (Å²) in [7, 11) is 0. The summed E-state index contributed by atoms with van der Waals surface area (Å²) in [5.74, 6) is 0.268. The van der Waals surface area contributed by atoms with E-state index in [0.717, 1.165) is 21.8 Å². The predicted octanol–water partition coefficient (Wildman–Crippen LogP) is 4.19. The number of phenolic OH excluding ortho intramolecular Hbond substituents is 2. The summed E-state index contributed by atoms with van der Waals surface area (Å²) >= 11 is 0. The molecule has 21 heavy (non-hydrogen) atoms. The Kier molecular flexibility index (Phi) is 2.42. The Hall–Kier alpha value is -2.94. The van der Waals surface area contributed by atoms with Gasteiger partial charge < -0.3 is 14.8 Å². The third kappa shape index (κ3) is 1.68. The van der Waals surface area contributed by atoms with Crippen LogP contribution in [0.15, 0.2) is 66.7 Å². The lowest BCUT2D eigenvalue weighted by Gasteiger charge is -2.10. The predicted molar refractivity (Wildman–Crippen MR) is 84.1 cm³/mol. The van der Waals surface area contributed by atoms with Crippen LogP contribution in [-0.2, 0) is 0 Å². The smallest absolute Gasteiger partial charge is 0.139 e. The molecule has 0 saturated carbocycles. The Labute approximate surface area is 121 Å². The number of para-hydroxylation sites is 2. The SMILES string of the molecule is Oc1ccc(O)c(-n2c3ccccc3c3ccccc32)c1. The van der Waals surface area contributed by atoms with Crippen LogP contribution in [0.1, 0.15) is 0 Å². The number of benzene rings is 3. The fourth-order valence-corrected chi connectivity index (χ4v) is 2.87. The van der Waals surface area contributed by atoms with Crippen molar-refractivity contribution in [1.29, 1.82) is 0 Å². The van der Waals surface area contributed by atoms with Crippen LogP contribution in [0.25, 0.3) is 27.5 Å². The Bertz CT molecular complexity index is 916. The van der Waals surface area contributed by atoms with Crippen LogP contribution in [-0.4, -0.2) is 14.8 Å². The molecule has 102 valence electrons. The van der Waals surface area contributed by atoms with Gasteiger partial charge in [0, 0.05) is 16.8 Å². The highest BCUT2D eigenvalue weighted by molar-refractivity contribution is 6.09. The van der Waals surface area contributed by atoms with Crippen molar-refractivity contribution < 1.29 is 10.2 Å². The van der Waals surface area contributed by atoms with Gasteiger partial charge in [0.25, 0.3) is 0 Å². The van der Waals surface area contributed by atoms with Crippen LogP contribution in [0.5, 0.6) is 11.5 Å². The molecule has 0 spiro atoms. The molecule has 0 radical (unpaired) electrons. The van der Waals surface area contributed by atoms with Crippen molar-refractivity contribution in [3.05, 3.63) is 66.7 Å². The molecule has 0 aliphatic heterocycles. The lowest BCUT2D eigenvalue weighted by molar-refractivity contribution is 0.458. The van der Waals surface area contributed by atoms with E-state index in [9.17, 15) is 10.2 Å². The van der Waals surface area contributed by atoms with Crippen molar-refractivity contribution in [3.8, 4) is 17.2 Å². The van der Waals surface area contributed by atoms with Gasteiger partial charge in [0.1, 0.15) is 11.5 Å². The van der Waals surface area contributed by atoms with Gasteiger partial charge in [-0.25, -0.2) is 0 Å². The second kappa shape index (κ2) is 4.28. The summed E-state index contributed by atoms with van der Waals surface area (Å²) in [5, 5.41) is 22.2. The zero-order chi connectivity index (χ0) is 14.4. The second-order valence-corrected chi connectivity index (χ2v) is 5.04. The van der Waals surface area contributed by atoms with E-state index in [2.05, 4.69) is 12.1 Å². The van der Waals surface area contributed by atoms with Crippen molar-refractivity contribution in [2.24, 2.45) is 0 Å². The maximum Gasteiger partial charge on any atom is 0.139 e. The van der Waals surface area contributed by atoms with E-state index in [4.69, 9.17) is 0 Å². The molecular formula is C18H13NO2. The zero-order valence-corrected chi connectivity index (χ0v) is 11.2. The minimum Gasteiger partial charge on any atom is -0.508 e. The lowest BCUT2D eigenvalue weighted by Crippen LogP contribution is -1.94. The Morgan fingerprint density at radius 1 is 0.667 bits per heavy atom. The normalized spacial score (nSPS) is 11.2. The topological polar surface area (TPSA) is 45.4 Å².